The minimum Gasteiger partial charge on any atom is -0.486 e. The average Bonchev–Trinajstić information content (AvgIpc) is 2.65. The van der Waals surface area contributed by atoms with Crippen LogP contribution in [0.15, 0.2) is 23.1 Å². The van der Waals surface area contributed by atoms with Crippen LogP contribution in [0.5, 0.6) is 11.5 Å². The van der Waals surface area contributed by atoms with E-state index in [1.807, 2.05) is 5.32 Å². The molecule has 1 amide bonds. The first-order chi connectivity index (χ1) is 12.7. The number of carbonyl (C=O) groups is 1. The molecule has 1 saturated heterocycles. The number of nitrogens with one attached hydrogen (secondary N) is 1. The lowest BCUT2D eigenvalue weighted by Crippen LogP contribution is -2.44. The highest BCUT2D eigenvalue weighted by Crippen LogP contribution is 2.34. The molecule has 150 valence electrons. The second kappa shape index (κ2) is 7.55. The molecule has 2 aliphatic heterocycles. The van der Waals surface area contributed by atoms with Gasteiger partial charge in [-0.05, 0) is 25.0 Å². The minimum atomic E-state index is -4.47. The number of piperidine rings is 1. The van der Waals surface area contributed by atoms with Gasteiger partial charge < -0.3 is 14.8 Å². The molecule has 1 aromatic rings. The lowest BCUT2D eigenvalue weighted by Gasteiger charge is -2.31. The van der Waals surface area contributed by atoms with E-state index in [9.17, 15) is 26.4 Å². The van der Waals surface area contributed by atoms with E-state index in [2.05, 4.69) is 0 Å². The normalized spacial score (nSPS) is 18.9. The van der Waals surface area contributed by atoms with Gasteiger partial charge in [0.1, 0.15) is 19.8 Å². The van der Waals surface area contributed by atoms with Gasteiger partial charge in [-0.25, -0.2) is 8.42 Å². The van der Waals surface area contributed by atoms with E-state index in [1.165, 1.54) is 22.5 Å². The summed E-state index contributed by atoms with van der Waals surface area (Å²) in [6, 6.07) is 4.34. The molecule has 1 aromatic carbocycles. The van der Waals surface area contributed by atoms with Crippen molar-refractivity contribution in [1.29, 1.82) is 0 Å². The maximum atomic E-state index is 12.8. The molecule has 0 atom stereocenters. The Hall–Kier alpha value is -2.01. The third-order valence-corrected chi connectivity index (χ3v) is 6.33. The fourth-order valence-corrected chi connectivity index (χ4v) is 4.51. The molecule has 0 saturated carbocycles. The quantitative estimate of drug-likeness (QED) is 0.817. The number of nitrogens with zero attached hydrogens (tertiary/aromatic N) is 1. The molecule has 1 fully saturated rings. The fraction of sp³-hybridized carbons (Fsp3) is 0.562. The van der Waals surface area contributed by atoms with E-state index in [-0.39, 0.29) is 30.8 Å². The van der Waals surface area contributed by atoms with Crippen LogP contribution in [0.1, 0.15) is 12.8 Å². The predicted octanol–water partition coefficient (Wildman–Crippen LogP) is 1.54. The van der Waals surface area contributed by atoms with Crippen molar-refractivity contribution >= 4 is 15.9 Å². The summed E-state index contributed by atoms with van der Waals surface area (Å²) >= 11 is 0. The monoisotopic (exact) mass is 408 g/mol. The van der Waals surface area contributed by atoms with Gasteiger partial charge >= 0.3 is 6.18 Å². The molecule has 1 N–H and O–H groups in total. The molecule has 0 unspecified atom stereocenters. The Kier molecular flexibility index (Phi) is 5.52. The minimum absolute atomic E-state index is 0.0479. The zero-order chi connectivity index (χ0) is 19.7. The molecule has 0 spiro atoms. The van der Waals surface area contributed by atoms with Crippen LogP contribution in [0.2, 0.25) is 0 Å². The Bertz CT molecular complexity index is 805. The topological polar surface area (TPSA) is 84.9 Å². The number of hydrogen-bond acceptors (Lipinski definition) is 5. The first-order valence-electron chi connectivity index (χ1n) is 8.41. The van der Waals surface area contributed by atoms with Crippen LogP contribution in [0.25, 0.3) is 0 Å². The maximum Gasteiger partial charge on any atom is 0.405 e. The van der Waals surface area contributed by atoms with Crippen LogP contribution in [0.3, 0.4) is 0 Å². The summed E-state index contributed by atoms with van der Waals surface area (Å²) in [5, 5.41) is 1.85. The molecule has 27 heavy (non-hydrogen) atoms. The molecular formula is C16H19F3N2O5S. The van der Waals surface area contributed by atoms with Gasteiger partial charge in [0.05, 0.1) is 4.90 Å². The highest BCUT2D eigenvalue weighted by Gasteiger charge is 2.34. The molecule has 3 rings (SSSR count). The summed E-state index contributed by atoms with van der Waals surface area (Å²) in [6.07, 6.45) is -4.15. The van der Waals surface area contributed by atoms with Crippen LogP contribution >= 0.6 is 0 Å². The number of fused-ring (bicyclic) bond motifs is 1. The summed E-state index contributed by atoms with van der Waals surface area (Å²) < 4.78 is 74.1. The molecule has 11 heteroatoms. The standard InChI is InChI=1S/C16H19F3N2O5S/c17-16(18,19)10-20-15(22)11-3-5-21(6-4-11)27(23,24)12-1-2-13-14(9-12)26-8-7-25-13/h1-2,9,11H,3-8,10H2,(H,20,22). The Morgan fingerprint density at radius 2 is 1.78 bits per heavy atom. The van der Waals surface area contributed by atoms with Gasteiger partial charge in [-0.3, -0.25) is 4.79 Å². The van der Waals surface area contributed by atoms with Gasteiger partial charge in [-0.1, -0.05) is 0 Å². The molecule has 0 radical (unpaired) electrons. The predicted molar refractivity (Wildman–Crippen MR) is 88.0 cm³/mol. The van der Waals surface area contributed by atoms with Gasteiger partial charge in [0.15, 0.2) is 11.5 Å². The Labute approximate surface area is 154 Å². The van der Waals surface area contributed by atoms with E-state index in [0.717, 1.165) is 0 Å². The van der Waals surface area contributed by atoms with E-state index < -0.39 is 34.6 Å². The van der Waals surface area contributed by atoms with Crippen molar-refractivity contribution in [3.8, 4) is 11.5 Å². The van der Waals surface area contributed by atoms with Crippen LogP contribution in [0.4, 0.5) is 13.2 Å². The number of halogens is 3. The van der Waals surface area contributed by atoms with Crippen LogP contribution in [0, 0.1) is 5.92 Å². The summed E-state index contributed by atoms with van der Waals surface area (Å²) in [5.74, 6) is -0.522. The smallest absolute Gasteiger partial charge is 0.405 e. The number of hydrogen-bond donors (Lipinski definition) is 1. The van der Waals surface area contributed by atoms with Gasteiger partial charge in [-0.2, -0.15) is 17.5 Å². The van der Waals surface area contributed by atoms with Gasteiger partial charge in [0.25, 0.3) is 0 Å². The van der Waals surface area contributed by atoms with Crippen LogP contribution < -0.4 is 14.8 Å². The zero-order valence-corrected chi connectivity index (χ0v) is 15.1. The Morgan fingerprint density at radius 1 is 1.15 bits per heavy atom. The molecule has 2 heterocycles. The SMILES string of the molecule is O=C(NCC(F)(F)F)C1CCN(S(=O)(=O)c2ccc3c(c2)OCCO3)CC1. The maximum absolute atomic E-state index is 12.8. The van der Waals surface area contributed by atoms with E-state index in [1.54, 1.807) is 0 Å². The first-order valence-corrected chi connectivity index (χ1v) is 9.85. The second-order valence-corrected chi connectivity index (χ2v) is 8.25. The molecule has 0 bridgehead atoms. The van der Waals surface area contributed by atoms with Crippen molar-refractivity contribution in [2.75, 3.05) is 32.8 Å². The Morgan fingerprint density at radius 3 is 2.41 bits per heavy atom. The molecular weight excluding hydrogens is 389 g/mol. The first kappa shape index (κ1) is 19.7. The van der Waals surface area contributed by atoms with Gasteiger partial charge in [0.2, 0.25) is 15.9 Å². The summed E-state index contributed by atoms with van der Waals surface area (Å²) in [5.41, 5.74) is 0. The second-order valence-electron chi connectivity index (χ2n) is 6.32. The van der Waals surface area contributed by atoms with Crippen molar-refractivity contribution in [2.24, 2.45) is 5.92 Å². The molecule has 0 aromatic heterocycles. The van der Waals surface area contributed by atoms with Crippen molar-refractivity contribution in [2.45, 2.75) is 23.9 Å². The van der Waals surface area contributed by atoms with E-state index in [0.29, 0.717) is 24.7 Å². The highest BCUT2D eigenvalue weighted by molar-refractivity contribution is 7.89. The number of alkyl halides is 3. The third-order valence-electron chi connectivity index (χ3n) is 4.44. The number of amides is 1. The third kappa shape index (κ3) is 4.64. The summed E-state index contributed by atoms with van der Waals surface area (Å²) in [6.45, 7) is -0.554. The van der Waals surface area contributed by atoms with E-state index in [4.69, 9.17) is 9.47 Å². The lowest BCUT2D eigenvalue weighted by molar-refractivity contribution is -0.141. The van der Waals surface area contributed by atoms with E-state index >= 15 is 0 Å². The van der Waals surface area contributed by atoms with Crippen LogP contribution in [-0.2, 0) is 14.8 Å². The van der Waals surface area contributed by atoms with Crippen molar-refractivity contribution < 1.29 is 35.9 Å². The largest absolute Gasteiger partial charge is 0.486 e. The average molecular weight is 408 g/mol. The fourth-order valence-electron chi connectivity index (χ4n) is 3.02. The number of ether oxygens (including phenoxy) is 2. The number of benzene rings is 1. The lowest BCUT2D eigenvalue weighted by atomic mass is 9.97. The zero-order valence-electron chi connectivity index (χ0n) is 14.3. The Balaban J connectivity index is 1.62. The van der Waals surface area contributed by atoms with Gasteiger partial charge in [-0.15, -0.1) is 0 Å². The summed E-state index contributed by atoms with van der Waals surface area (Å²) in [7, 11) is -3.79. The molecule has 7 nitrogen and oxygen atoms in total. The van der Waals surface area contributed by atoms with Crippen LogP contribution in [-0.4, -0.2) is 57.7 Å². The number of rotatable bonds is 4. The van der Waals surface area contributed by atoms with Crippen molar-refractivity contribution in [3.63, 3.8) is 0 Å². The number of sulfonamides is 1. The molecule has 2 aliphatic rings. The highest BCUT2D eigenvalue weighted by atomic mass is 32.2. The van der Waals surface area contributed by atoms with Crippen molar-refractivity contribution in [3.05, 3.63) is 18.2 Å². The van der Waals surface area contributed by atoms with Crippen molar-refractivity contribution in [1.82, 2.24) is 9.62 Å². The summed E-state index contributed by atoms with van der Waals surface area (Å²) in [4.78, 5) is 11.9. The number of carbonyl (C=O) groups excluding carboxylic acids is 1. The molecule has 0 aliphatic carbocycles. The van der Waals surface area contributed by atoms with Gasteiger partial charge in [0, 0.05) is 25.1 Å².